The van der Waals surface area contributed by atoms with Gasteiger partial charge in [0.15, 0.2) is 5.78 Å². The molecule has 0 saturated carbocycles. The van der Waals surface area contributed by atoms with Crippen LogP contribution >= 0.6 is 0 Å². The van der Waals surface area contributed by atoms with Crippen molar-refractivity contribution in [3.63, 3.8) is 0 Å². The molecule has 0 aliphatic carbocycles. The van der Waals surface area contributed by atoms with Crippen molar-refractivity contribution in [2.75, 3.05) is 0 Å². The molecule has 1 aliphatic rings. The average Bonchev–Trinajstić information content (AvgIpc) is 3.17. The molecular formula is C19H17N5O2. The highest BCUT2D eigenvalue weighted by Crippen LogP contribution is 2.20. The zero-order chi connectivity index (χ0) is 18.1. The molecular weight excluding hydrogens is 330 g/mol. The van der Waals surface area contributed by atoms with E-state index in [0.29, 0.717) is 17.8 Å². The van der Waals surface area contributed by atoms with E-state index in [4.69, 9.17) is 0 Å². The summed E-state index contributed by atoms with van der Waals surface area (Å²) in [5.74, 6) is -1.38. The Kier molecular flexibility index (Phi) is 4.04. The van der Waals surface area contributed by atoms with Crippen molar-refractivity contribution in [3.8, 4) is 0 Å². The van der Waals surface area contributed by atoms with Crippen LogP contribution in [0, 0.1) is 5.92 Å². The number of carbonyl (C=O) groups is 2. The van der Waals surface area contributed by atoms with Crippen molar-refractivity contribution in [2.45, 2.75) is 20.0 Å². The van der Waals surface area contributed by atoms with Gasteiger partial charge in [-0.05, 0) is 24.6 Å². The fourth-order valence-corrected chi connectivity index (χ4v) is 3.14. The molecule has 0 bridgehead atoms. The molecule has 0 N–H and O–H groups in total. The number of hydrazone groups is 1. The number of benzene rings is 2. The van der Waals surface area contributed by atoms with Crippen LogP contribution in [0.5, 0.6) is 0 Å². The number of nitrogens with zero attached hydrogens (tertiary/aromatic N) is 5. The van der Waals surface area contributed by atoms with Gasteiger partial charge in [-0.25, -0.2) is 9.69 Å². The van der Waals surface area contributed by atoms with Crippen molar-refractivity contribution >= 4 is 28.4 Å². The molecule has 2 heterocycles. The Morgan fingerprint density at radius 1 is 1.08 bits per heavy atom. The Labute approximate surface area is 149 Å². The zero-order valence-corrected chi connectivity index (χ0v) is 14.2. The maximum atomic E-state index is 12.8. The van der Waals surface area contributed by atoms with Gasteiger partial charge in [0.1, 0.15) is 18.0 Å². The Balaban J connectivity index is 1.51. The summed E-state index contributed by atoms with van der Waals surface area (Å²) in [6.07, 6.45) is 0. The van der Waals surface area contributed by atoms with E-state index in [1.54, 1.807) is 6.92 Å². The minimum atomic E-state index is -0.860. The second kappa shape index (κ2) is 6.51. The monoisotopic (exact) mass is 347 g/mol. The minimum absolute atomic E-state index is 0.0110. The summed E-state index contributed by atoms with van der Waals surface area (Å²) in [4.78, 5) is 25.5. The Bertz CT molecular complexity index is 1010. The number of para-hydroxylation sites is 1. The number of Topliss-reactive ketones (excluding diaryl/α,β-unsaturated/α-hetero) is 1. The van der Waals surface area contributed by atoms with Gasteiger partial charge in [-0.2, -0.15) is 5.10 Å². The standard InChI is InChI=1S/C19H17N5O2/c1-13-18(19(26)24(21-13)11-14-7-3-2-4-8-14)17(25)12-23-16-10-6-5-9-15(16)20-22-23/h2-10,18H,11-12H2,1H3/t18-/m1/s1. The van der Waals surface area contributed by atoms with Gasteiger partial charge in [-0.1, -0.05) is 47.7 Å². The molecule has 2 aromatic carbocycles. The van der Waals surface area contributed by atoms with Crippen molar-refractivity contribution in [1.82, 2.24) is 20.0 Å². The van der Waals surface area contributed by atoms with E-state index in [1.807, 2.05) is 54.6 Å². The molecule has 1 atom stereocenters. The number of hydrogen-bond donors (Lipinski definition) is 0. The largest absolute Gasteiger partial charge is 0.296 e. The molecule has 4 rings (SSSR count). The van der Waals surface area contributed by atoms with Crippen LogP contribution in [-0.2, 0) is 22.7 Å². The van der Waals surface area contributed by atoms with E-state index in [0.717, 1.165) is 11.1 Å². The summed E-state index contributed by atoms with van der Waals surface area (Å²) in [6, 6.07) is 17.0. The van der Waals surface area contributed by atoms with Gasteiger partial charge in [0, 0.05) is 0 Å². The second-order valence-corrected chi connectivity index (χ2v) is 6.26. The van der Waals surface area contributed by atoms with E-state index < -0.39 is 5.92 Å². The number of rotatable bonds is 5. The smallest absolute Gasteiger partial charge is 0.259 e. The van der Waals surface area contributed by atoms with Crippen molar-refractivity contribution < 1.29 is 9.59 Å². The van der Waals surface area contributed by atoms with Crippen LogP contribution in [0.2, 0.25) is 0 Å². The zero-order valence-electron chi connectivity index (χ0n) is 14.2. The van der Waals surface area contributed by atoms with E-state index in [-0.39, 0.29) is 18.2 Å². The number of hydrogen-bond acceptors (Lipinski definition) is 5. The maximum absolute atomic E-state index is 12.8. The molecule has 1 amide bonds. The van der Waals surface area contributed by atoms with Gasteiger partial charge in [-0.3, -0.25) is 9.59 Å². The van der Waals surface area contributed by atoms with Gasteiger partial charge in [0.2, 0.25) is 0 Å². The molecule has 1 aromatic heterocycles. The van der Waals surface area contributed by atoms with Crippen molar-refractivity contribution in [2.24, 2.45) is 11.0 Å². The molecule has 3 aromatic rings. The topological polar surface area (TPSA) is 80.5 Å². The lowest BCUT2D eigenvalue weighted by Crippen LogP contribution is -2.34. The predicted molar refractivity (Wildman–Crippen MR) is 96.1 cm³/mol. The molecule has 130 valence electrons. The molecule has 0 radical (unpaired) electrons. The van der Waals surface area contributed by atoms with Crippen LogP contribution in [-0.4, -0.2) is 37.4 Å². The Morgan fingerprint density at radius 3 is 2.62 bits per heavy atom. The SMILES string of the molecule is CC1=NN(Cc2ccccc2)C(=O)[C@H]1C(=O)Cn1nnc2ccccc21. The average molecular weight is 347 g/mol. The summed E-state index contributed by atoms with van der Waals surface area (Å²) < 4.78 is 1.53. The fraction of sp³-hybridized carbons (Fsp3) is 0.211. The first-order valence-electron chi connectivity index (χ1n) is 8.35. The van der Waals surface area contributed by atoms with Crippen molar-refractivity contribution in [1.29, 1.82) is 0 Å². The lowest BCUT2D eigenvalue weighted by molar-refractivity contribution is -0.137. The van der Waals surface area contributed by atoms with Crippen molar-refractivity contribution in [3.05, 3.63) is 60.2 Å². The summed E-state index contributed by atoms with van der Waals surface area (Å²) >= 11 is 0. The van der Waals surface area contributed by atoms with E-state index in [1.165, 1.54) is 9.69 Å². The van der Waals surface area contributed by atoms with Gasteiger partial charge in [-0.15, -0.1) is 5.10 Å². The number of aromatic nitrogens is 3. The molecule has 7 nitrogen and oxygen atoms in total. The first-order valence-corrected chi connectivity index (χ1v) is 8.35. The van der Waals surface area contributed by atoms with Crippen LogP contribution < -0.4 is 0 Å². The van der Waals surface area contributed by atoms with E-state index >= 15 is 0 Å². The summed E-state index contributed by atoms with van der Waals surface area (Å²) in [7, 11) is 0. The fourth-order valence-electron chi connectivity index (χ4n) is 3.14. The molecule has 1 aliphatic heterocycles. The van der Waals surface area contributed by atoms with Gasteiger partial charge in [0.05, 0.1) is 17.8 Å². The third-order valence-corrected chi connectivity index (χ3v) is 4.42. The highest BCUT2D eigenvalue weighted by atomic mass is 16.2. The normalized spacial score (nSPS) is 17.0. The van der Waals surface area contributed by atoms with Gasteiger partial charge >= 0.3 is 0 Å². The third-order valence-electron chi connectivity index (χ3n) is 4.42. The lowest BCUT2D eigenvalue weighted by atomic mass is 9.99. The lowest BCUT2D eigenvalue weighted by Gasteiger charge is -2.14. The van der Waals surface area contributed by atoms with Gasteiger partial charge < -0.3 is 0 Å². The highest BCUT2D eigenvalue weighted by molar-refractivity contribution is 6.22. The molecule has 26 heavy (non-hydrogen) atoms. The van der Waals surface area contributed by atoms with Crippen LogP contribution in [0.4, 0.5) is 0 Å². The van der Waals surface area contributed by atoms with Crippen LogP contribution in [0.1, 0.15) is 12.5 Å². The third kappa shape index (κ3) is 2.88. The summed E-state index contributed by atoms with van der Waals surface area (Å²) in [5.41, 5.74) is 2.96. The molecule has 0 unspecified atom stereocenters. The van der Waals surface area contributed by atoms with Crippen LogP contribution in [0.25, 0.3) is 11.0 Å². The second-order valence-electron chi connectivity index (χ2n) is 6.26. The number of amides is 1. The quantitative estimate of drug-likeness (QED) is 0.662. The number of fused-ring (bicyclic) bond motifs is 1. The Morgan fingerprint density at radius 2 is 1.81 bits per heavy atom. The highest BCUT2D eigenvalue weighted by Gasteiger charge is 2.38. The first-order chi connectivity index (χ1) is 12.6. The number of carbonyl (C=O) groups excluding carboxylic acids is 2. The maximum Gasteiger partial charge on any atom is 0.259 e. The molecule has 0 fully saturated rings. The molecule has 0 saturated heterocycles. The molecule has 0 spiro atoms. The van der Waals surface area contributed by atoms with E-state index in [2.05, 4.69) is 15.4 Å². The first kappa shape index (κ1) is 16.1. The van der Waals surface area contributed by atoms with Gasteiger partial charge in [0.25, 0.3) is 5.91 Å². The minimum Gasteiger partial charge on any atom is -0.296 e. The summed E-state index contributed by atoms with van der Waals surface area (Å²) in [6.45, 7) is 2.06. The number of ketones is 1. The summed E-state index contributed by atoms with van der Waals surface area (Å²) in [5, 5.41) is 13.7. The molecule has 7 heteroatoms. The Hall–Kier alpha value is -3.35. The predicted octanol–water partition coefficient (Wildman–Crippen LogP) is 2.03. The van der Waals surface area contributed by atoms with Crippen LogP contribution in [0.3, 0.4) is 0 Å². The van der Waals surface area contributed by atoms with Crippen LogP contribution in [0.15, 0.2) is 59.7 Å². The van der Waals surface area contributed by atoms with E-state index in [9.17, 15) is 9.59 Å².